The third-order valence-electron chi connectivity index (χ3n) is 3.10. The van der Waals surface area contributed by atoms with Gasteiger partial charge in [-0.2, -0.15) is 0 Å². The Kier molecular flexibility index (Phi) is 3.18. The first-order chi connectivity index (χ1) is 7.53. The maximum Gasteiger partial charge on any atom is 0.236 e. The number of hydrogen-bond donors (Lipinski definition) is 1. The Bertz CT molecular complexity index is 381. The number of hydrogen-bond acceptors (Lipinski definition) is 5. The van der Waals surface area contributed by atoms with Crippen molar-refractivity contribution < 1.29 is 17.9 Å². The summed E-state index contributed by atoms with van der Waals surface area (Å²) in [6.07, 6.45) is 0. The molecular formula is C9H16N2O4S. The summed E-state index contributed by atoms with van der Waals surface area (Å²) in [5.74, 6) is 0.157. The van der Waals surface area contributed by atoms with Crippen molar-refractivity contribution in [1.82, 2.24) is 10.2 Å². The van der Waals surface area contributed by atoms with Crippen LogP contribution in [-0.2, 0) is 19.4 Å². The van der Waals surface area contributed by atoms with Gasteiger partial charge >= 0.3 is 0 Å². The first-order valence-electron chi connectivity index (χ1n) is 5.26. The number of methoxy groups -OCH3 is 1. The Morgan fingerprint density at radius 3 is 2.94 bits per heavy atom. The van der Waals surface area contributed by atoms with Crippen LogP contribution in [0.1, 0.15) is 0 Å². The SMILES string of the molecule is COCCN1C(=O)CNC2CS(=O)(=O)CC21. The topological polar surface area (TPSA) is 75.7 Å². The maximum absolute atomic E-state index is 11.7. The highest BCUT2D eigenvalue weighted by Gasteiger charge is 2.45. The average molecular weight is 248 g/mol. The molecule has 0 aromatic heterocycles. The van der Waals surface area contributed by atoms with Gasteiger partial charge in [-0.05, 0) is 0 Å². The third kappa shape index (κ3) is 2.21. The Labute approximate surface area is 94.9 Å². The van der Waals surface area contributed by atoms with E-state index in [9.17, 15) is 13.2 Å². The molecule has 1 amide bonds. The number of piperazine rings is 1. The summed E-state index contributed by atoms with van der Waals surface area (Å²) in [6, 6.07) is -0.332. The van der Waals surface area contributed by atoms with Gasteiger partial charge in [0.15, 0.2) is 9.84 Å². The summed E-state index contributed by atoms with van der Waals surface area (Å²) in [4.78, 5) is 13.3. The minimum Gasteiger partial charge on any atom is -0.383 e. The van der Waals surface area contributed by atoms with Crippen molar-refractivity contribution in [3.05, 3.63) is 0 Å². The molecule has 0 spiro atoms. The van der Waals surface area contributed by atoms with Gasteiger partial charge in [-0.1, -0.05) is 0 Å². The number of carbonyl (C=O) groups is 1. The molecular weight excluding hydrogens is 232 g/mol. The van der Waals surface area contributed by atoms with Crippen LogP contribution in [0, 0.1) is 0 Å². The lowest BCUT2D eigenvalue weighted by Crippen LogP contribution is -2.60. The number of carbonyl (C=O) groups excluding carboxylic acids is 1. The van der Waals surface area contributed by atoms with E-state index in [0.717, 1.165) is 0 Å². The predicted octanol–water partition coefficient (Wildman–Crippen LogP) is -1.77. The van der Waals surface area contributed by atoms with Crippen molar-refractivity contribution in [2.75, 3.05) is 38.3 Å². The van der Waals surface area contributed by atoms with Crippen LogP contribution in [0.15, 0.2) is 0 Å². The summed E-state index contributed by atoms with van der Waals surface area (Å²) in [7, 11) is -1.44. The molecule has 0 aliphatic carbocycles. The molecule has 2 fully saturated rings. The zero-order valence-corrected chi connectivity index (χ0v) is 10.00. The molecule has 0 radical (unpaired) electrons. The largest absolute Gasteiger partial charge is 0.383 e. The molecule has 7 heteroatoms. The summed E-state index contributed by atoms with van der Waals surface area (Å²) in [6.45, 7) is 1.13. The number of sulfone groups is 1. The summed E-state index contributed by atoms with van der Waals surface area (Å²) in [5.41, 5.74) is 0. The number of fused-ring (bicyclic) bond motifs is 1. The highest BCUT2D eigenvalue weighted by Crippen LogP contribution is 2.21. The molecule has 2 aliphatic rings. The second kappa shape index (κ2) is 4.31. The highest BCUT2D eigenvalue weighted by molar-refractivity contribution is 7.91. The van der Waals surface area contributed by atoms with E-state index in [1.807, 2.05) is 0 Å². The number of amides is 1. The van der Waals surface area contributed by atoms with Crippen LogP contribution >= 0.6 is 0 Å². The van der Waals surface area contributed by atoms with Crippen LogP contribution in [0.4, 0.5) is 0 Å². The molecule has 0 saturated carbocycles. The van der Waals surface area contributed by atoms with Crippen LogP contribution < -0.4 is 5.32 Å². The number of ether oxygens (including phenoxy) is 1. The van der Waals surface area contributed by atoms with Crippen LogP contribution in [0.2, 0.25) is 0 Å². The van der Waals surface area contributed by atoms with Gasteiger partial charge in [-0.3, -0.25) is 4.79 Å². The smallest absolute Gasteiger partial charge is 0.236 e. The van der Waals surface area contributed by atoms with Gasteiger partial charge in [0.2, 0.25) is 5.91 Å². The molecule has 2 rings (SSSR count). The fourth-order valence-electron chi connectivity index (χ4n) is 2.32. The first kappa shape index (κ1) is 11.8. The number of nitrogens with one attached hydrogen (secondary N) is 1. The molecule has 2 unspecified atom stereocenters. The van der Waals surface area contributed by atoms with E-state index in [1.54, 1.807) is 12.0 Å². The predicted molar refractivity (Wildman–Crippen MR) is 57.8 cm³/mol. The summed E-state index contributed by atoms with van der Waals surface area (Å²) >= 11 is 0. The van der Waals surface area contributed by atoms with Gasteiger partial charge in [-0.25, -0.2) is 8.42 Å². The summed E-state index contributed by atoms with van der Waals surface area (Å²) < 4.78 is 28.0. The minimum atomic E-state index is -3.01. The lowest BCUT2D eigenvalue weighted by Gasteiger charge is -2.37. The number of rotatable bonds is 3. The van der Waals surface area contributed by atoms with Crippen molar-refractivity contribution >= 4 is 15.7 Å². The Morgan fingerprint density at radius 1 is 1.50 bits per heavy atom. The maximum atomic E-state index is 11.7. The van der Waals surface area contributed by atoms with Gasteiger partial charge < -0.3 is 15.0 Å². The van der Waals surface area contributed by atoms with E-state index >= 15 is 0 Å². The van der Waals surface area contributed by atoms with Crippen molar-refractivity contribution in [1.29, 1.82) is 0 Å². The van der Waals surface area contributed by atoms with Crippen LogP contribution in [0.25, 0.3) is 0 Å². The van der Waals surface area contributed by atoms with E-state index in [-0.39, 0.29) is 36.0 Å². The van der Waals surface area contributed by atoms with Gasteiger partial charge in [0.25, 0.3) is 0 Å². The Balaban J connectivity index is 2.12. The van der Waals surface area contributed by atoms with Crippen molar-refractivity contribution in [3.63, 3.8) is 0 Å². The van der Waals surface area contributed by atoms with E-state index in [1.165, 1.54) is 0 Å². The molecule has 2 heterocycles. The van der Waals surface area contributed by atoms with Gasteiger partial charge in [0, 0.05) is 19.7 Å². The van der Waals surface area contributed by atoms with Crippen molar-refractivity contribution in [2.24, 2.45) is 0 Å². The Hall–Kier alpha value is -0.660. The minimum absolute atomic E-state index is 0.0459. The quantitative estimate of drug-likeness (QED) is 0.640. The highest BCUT2D eigenvalue weighted by atomic mass is 32.2. The molecule has 16 heavy (non-hydrogen) atoms. The zero-order valence-electron chi connectivity index (χ0n) is 9.18. The van der Waals surface area contributed by atoms with Crippen molar-refractivity contribution in [3.8, 4) is 0 Å². The zero-order chi connectivity index (χ0) is 11.8. The molecule has 6 nitrogen and oxygen atoms in total. The number of nitrogens with zero attached hydrogens (tertiary/aromatic N) is 1. The fraction of sp³-hybridized carbons (Fsp3) is 0.889. The molecule has 2 atom stereocenters. The van der Waals surface area contributed by atoms with Crippen LogP contribution in [-0.4, -0.2) is 69.6 Å². The fourth-order valence-corrected chi connectivity index (χ4v) is 4.27. The third-order valence-corrected chi connectivity index (χ3v) is 4.81. The van der Waals surface area contributed by atoms with Gasteiger partial charge in [0.1, 0.15) is 0 Å². The Morgan fingerprint density at radius 2 is 2.25 bits per heavy atom. The van der Waals surface area contributed by atoms with Crippen molar-refractivity contribution in [2.45, 2.75) is 12.1 Å². The standard InChI is InChI=1S/C9H16N2O4S/c1-15-3-2-11-8-6-16(13,14)5-7(8)10-4-9(11)12/h7-8,10H,2-6H2,1H3. The molecule has 2 aliphatic heterocycles. The van der Waals surface area contributed by atoms with E-state index in [2.05, 4.69) is 5.32 Å². The molecule has 0 bridgehead atoms. The second-order valence-corrected chi connectivity index (χ2v) is 6.37. The first-order valence-corrected chi connectivity index (χ1v) is 7.08. The molecule has 1 N–H and O–H groups in total. The molecule has 0 aromatic carbocycles. The average Bonchev–Trinajstić information content (AvgIpc) is 2.51. The van der Waals surface area contributed by atoms with E-state index < -0.39 is 9.84 Å². The summed E-state index contributed by atoms with van der Waals surface area (Å²) in [5, 5.41) is 2.98. The van der Waals surface area contributed by atoms with E-state index in [4.69, 9.17) is 4.74 Å². The van der Waals surface area contributed by atoms with Crippen LogP contribution in [0.5, 0.6) is 0 Å². The normalized spacial score (nSPS) is 32.8. The second-order valence-electron chi connectivity index (χ2n) is 4.21. The van der Waals surface area contributed by atoms with Crippen LogP contribution in [0.3, 0.4) is 0 Å². The lowest BCUT2D eigenvalue weighted by molar-refractivity contribution is -0.136. The molecule has 0 aromatic rings. The molecule has 2 saturated heterocycles. The monoisotopic (exact) mass is 248 g/mol. The molecule has 92 valence electrons. The van der Waals surface area contributed by atoms with Gasteiger partial charge in [0.05, 0.1) is 30.7 Å². The lowest BCUT2D eigenvalue weighted by atomic mass is 10.1. The van der Waals surface area contributed by atoms with Gasteiger partial charge in [-0.15, -0.1) is 0 Å². The van der Waals surface area contributed by atoms with E-state index in [0.29, 0.717) is 13.2 Å².